The van der Waals surface area contributed by atoms with Crippen molar-refractivity contribution in [3.63, 3.8) is 0 Å². The van der Waals surface area contributed by atoms with E-state index in [1.165, 1.54) is 0 Å². The Morgan fingerprint density at radius 2 is 2.21 bits per heavy atom. The first-order valence-electron chi connectivity index (χ1n) is 3.29. The fourth-order valence-electron chi connectivity index (χ4n) is 0.744. The van der Waals surface area contributed by atoms with Gasteiger partial charge in [-0.25, -0.2) is 3.97 Å². The minimum absolute atomic E-state index is 0.115. The van der Waals surface area contributed by atoms with Gasteiger partial charge in [0, 0.05) is 14.7 Å². The van der Waals surface area contributed by atoms with Gasteiger partial charge in [0.15, 0.2) is 0 Å². The Kier molecular flexibility index (Phi) is 4.02. The third kappa shape index (κ3) is 3.03. The van der Waals surface area contributed by atoms with Gasteiger partial charge in [-0.15, -0.1) is 0 Å². The minimum Gasteiger partial charge on any atom is -0.433 e. The first-order chi connectivity index (χ1) is 6.50. The zero-order valence-electron chi connectivity index (χ0n) is 6.59. The van der Waals surface area contributed by atoms with Crippen molar-refractivity contribution in [3.05, 3.63) is 28.7 Å². The van der Waals surface area contributed by atoms with E-state index in [1.807, 2.05) is 0 Å². The Hall–Kier alpha value is -0.470. The first-order valence-corrected chi connectivity index (χ1v) is 6.45. The van der Waals surface area contributed by atoms with Crippen LogP contribution in [0.3, 0.4) is 0 Å². The van der Waals surface area contributed by atoms with E-state index in [0.717, 1.165) is 22.3 Å². The molecule has 1 unspecified atom stereocenters. The summed E-state index contributed by atoms with van der Waals surface area (Å²) in [6, 6.07) is 2.25. The second-order valence-electron chi connectivity index (χ2n) is 2.14. The van der Waals surface area contributed by atoms with E-state index >= 15 is 0 Å². The number of hydrogen-bond acceptors (Lipinski definition) is 3. The van der Waals surface area contributed by atoms with Crippen molar-refractivity contribution in [3.8, 4) is 5.75 Å². The quantitative estimate of drug-likeness (QED) is 0.651. The maximum atomic E-state index is 11.8. The molecule has 0 spiro atoms. The molecule has 0 saturated heterocycles. The van der Waals surface area contributed by atoms with Gasteiger partial charge in [0.2, 0.25) is 0 Å². The average Bonchev–Trinajstić information content (AvgIpc) is 2.07. The summed E-state index contributed by atoms with van der Waals surface area (Å²) in [5.74, 6) is -0.115. The summed E-state index contributed by atoms with van der Waals surface area (Å²) in [5.41, 5.74) is -0.403. The van der Waals surface area contributed by atoms with E-state index < -0.39 is 20.8 Å². The normalized spacial score (nSPS) is 12.9. The summed E-state index contributed by atoms with van der Waals surface area (Å²) in [5, 5.41) is 0. The molecule has 0 N–H and O–H groups in total. The summed E-state index contributed by atoms with van der Waals surface area (Å²) < 4.78 is 28.7. The molecule has 0 bridgehead atoms. The van der Waals surface area contributed by atoms with E-state index in [-0.39, 0.29) is 5.75 Å². The second-order valence-corrected chi connectivity index (χ2v) is 5.72. The van der Waals surface area contributed by atoms with Crippen molar-refractivity contribution >= 4 is 31.5 Å². The van der Waals surface area contributed by atoms with Crippen LogP contribution in [0.15, 0.2) is 23.1 Å². The molecule has 0 radical (unpaired) electrons. The highest BCUT2D eigenvalue weighted by molar-refractivity contribution is 8.75. The van der Waals surface area contributed by atoms with E-state index in [1.54, 1.807) is 0 Å². The van der Waals surface area contributed by atoms with Crippen LogP contribution in [0.5, 0.6) is 5.75 Å². The van der Waals surface area contributed by atoms with Gasteiger partial charge in [-0.05, 0) is 17.3 Å². The van der Waals surface area contributed by atoms with Crippen molar-refractivity contribution in [1.82, 2.24) is 3.97 Å². The third-order valence-electron chi connectivity index (χ3n) is 1.25. The molecule has 1 atom stereocenters. The van der Waals surface area contributed by atoms with Crippen LogP contribution in [0, 0.1) is 0 Å². The van der Waals surface area contributed by atoms with E-state index in [4.69, 9.17) is 11.2 Å². The van der Waals surface area contributed by atoms with Crippen LogP contribution >= 0.6 is 11.7 Å². The number of thiol groups is 1. The van der Waals surface area contributed by atoms with Crippen LogP contribution < -0.4 is 10.3 Å². The second kappa shape index (κ2) is 4.85. The zero-order valence-corrected chi connectivity index (χ0v) is 9.12. The van der Waals surface area contributed by atoms with Crippen LogP contribution in [-0.4, -0.2) is 10.6 Å². The lowest BCUT2D eigenvalue weighted by molar-refractivity contribution is -0.0501. The number of alkyl halides is 2. The number of rotatable bonds is 3. The fraction of sp³-hybridized carbons (Fsp3) is 0.167. The molecule has 1 aromatic heterocycles. The Bertz CT molecular complexity index is 406. The van der Waals surface area contributed by atoms with Gasteiger partial charge in [-0.1, -0.05) is 11.7 Å². The predicted molar refractivity (Wildman–Crippen MR) is 56.4 cm³/mol. The van der Waals surface area contributed by atoms with Crippen LogP contribution in [0.2, 0.25) is 0 Å². The van der Waals surface area contributed by atoms with E-state index in [2.05, 4.69) is 16.4 Å². The van der Waals surface area contributed by atoms with Crippen LogP contribution in [0.25, 0.3) is 0 Å². The van der Waals surface area contributed by atoms with Crippen molar-refractivity contribution in [2.75, 3.05) is 0 Å². The van der Waals surface area contributed by atoms with Crippen molar-refractivity contribution < 1.29 is 13.5 Å². The standard InChI is InChI=1S/C6H5F2NO2S3/c7-6(8)11-4-1-2-5(10)9(3-4)14(12)13/h1-3,6H,(H,12,13). The van der Waals surface area contributed by atoms with Crippen LogP contribution in [-0.2, 0) is 19.9 Å². The van der Waals surface area contributed by atoms with E-state index in [9.17, 15) is 13.6 Å². The van der Waals surface area contributed by atoms with Gasteiger partial charge in [-0.3, -0.25) is 4.79 Å². The molecular formula is C6H5F2NO2S3. The van der Waals surface area contributed by atoms with Crippen LogP contribution in [0.4, 0.5) is 8.78 Å². The van der Waals surface area contributed by atoms with Crippen molar-refractivity contribution in [2.45, 2.75) is 6.61 Å². The van der Waals surface area contributed by atoms with Crippen molar-refractivity contribution in [2.24, 2.45) is 0 Å². The highest BCUT2D eigenvalue weighted by Crippen LogP contribution is 2.11. The van der Waals surface area contributed by atoms with Gasteiger partial charge < -0.3 is 4.74 Å². The highest BCUT2D eigenvalue weighted by atomic mass is 33.3. The smallest absolute Gasteiger partial charge is 0.387 e. The van der Waals surface area contributed by atoms with Crippen molar-refractivity contribution in [1.29, 1.82) is 0 Å². The lowest BCUT2D eigenvalue weighted by atomic mass is 10.5. The fourth-order valence-corrected chi connectivity index (χ4v) is 1.88. The summed E-state index contributed by atoms with van der Waals surface area (Å²) >= 11 is 8.58. The monoisotopic (exact) mass is 257 g/mol. The molecule has 8 heteroatoms. The molecule has 14 heavy (non-hydrogen) atoms. The van der Waals surface area contributed by atoms with Gasteiger partial charge in [0.1, 0.15) is 5.75 Å². The molecule has 1 heterocycles. The molecule has 3 nitrogen and oxygen atoms in total. The molecule has 0 amide bonds. The van der Waals surface area contributed by atoms with Gasteiger partial charge in [0.25, 0.3) is 5.56 Å². The molecule has 0 saturated carbocycles. The number of nitrogens with zero attached hydrogens (tertiary/aromatic N) is 1. The Morgan fingerprint density at radius 1 is 1.57 bits per heavy atom. The Morgan fingerprint density at radius 3 is 2.71 bits per heavy atom. The number of hydrogen-bond donors (Lipinski definition) is 1. The molecule has 0 aliphatic rings. The average molecular weight is 257 g/mol. The van der Waals surface area contributed by atoms with Gasteiger partial charge in [-0.2, -0.15) is 8.78 Å². The number of ether oxygens (including phenoxy) is 1. The first kappa shape index (κ1) is 11.6. The summed E-state index contributed by atoms with van der Waals surface area (Å²) in [7, 11) is -1.06. The van der Waals surface area contributed by atoms with Crippen LogP contribution in [0.1, 0.15) is 0 Å². The molecular weight excluding hydrogens is 252 g/mol. The number of pyridine rings is 1. The van der Waals surface area contributed by atoms with Gasteiger partial charge in [0.05, 0.1) is 6.20 Å². The summed E-state index contributed by atoms with van der Waals surface area (Å²) in [6.45, 7) is -2.92. The predicted octanol–water partition coefficient (Wildman–Crippen LogP) is 1.14. The molecule has 0 fully saturated rings. The largest absolute Gasteiger partial charge is 0.433 e. The number of halogens is 2. The van der Waals surface area contributed by atoms with Gasteiger partial charge >= 0.3 is 6.61 Å². The summed E-state index contributed by atoms with van der Waals surface area (Å²) in [4.78, 5) is 11.1. The highest BCUT2D eigenvalue weighted by Gasteiger charge is 2.06. The van der Waals surface area contributed by atoms with E-state index in [0.29, 0.717) is 0 Å². The SMILES string of the molecule is O=c1ccc(OC(F)F)cn1S(=S)S. The Labute approximate surface area is 90.2 Å². The Balaban J connectivity index is 3.07. The zero-order chi connectivity index (χ0) is 10.7. The molecule has 0 aliphatic carbocycles. The third-order valence-corrected chi connectivity index (χ3v) is 2.88. The molecule has 0 aliphatic heterocycles. The maximum Gasteiger partial charge on any atom is 0.387 e. The lowest BCUT2D eigenvalue weighted by Crippen LogP contribution is -2.18. The molecule has 1 aromatic rings. The number of aromatic nitrogens is 1. The summed E-state index contributed by atoms with van der Waals surface area (Å²) in [6.07, 6.45) is 1.11. The maximum absolute atomic E-state index is 11.8. The molecule has 0 aromatic carbocycles. The topological polar surface area (TPSA) is 31.2 Å². The molecule has 1 rings (SSSR count). The lowest BCUT2D eigenvalue weighted by Gasteiger charge is -2.06. The minimum atomic E-state index is -2.92. The molecule has 78 valence electrons.